The number of rotatable bonds is 3. The maximum Gasteiger partial charge on any atom is 0.286 e. The number of anilines is 2. The van der Waals surface area contributed by atoms with Crippen molar-refractivity contribution >= 4 is 44.0 Å². The number of nitrogens with zero attached hydrogens (tertiary/aromatic N) is 2. The smallest absolute Gasteiger partial charge is 0.286 e. The molecule has 0 atom stereocenters. The molecule has 1 heterocycles. The first-order valence-corrected chi connectivity index (χ1v) is 6.80. The molecule has 2 aromatic rings. The summed E-state index contributed by atoms with van der Waals surface area (Å²) in [7, 11) is 1.74. The number of hydrogen-bond donors (Lipinski definition) is 2. The van der Waals surface area contributed by atoms with E-state index in [9.17, 15) is 4.79 Å². The quantitative estimate of drug-likeness (QED) is 0.910. The Hall–Kier alpha value is -1.47. The molecule has 0 unspecified atom stereocenters. The summed E-state index contributed by atoms with van der Waals surface area (Å²) in [5.41, 5.74) is 1.83. The second-order valence-corrected chi connectivity index (χ2v) is 5.41. The van der Waals surface area contributed by atoms with Gasteiger partial charge < -0.3 is 10.6 Å². The number of benzene rings is 1. The van der Waals surface area contributed by atoms with Crippen LogP contribution in [0.2, 0.25) is 0 Å². The molecule has 5 nitrogen and oxygen atoms in total. The summed E-state index contributed by atoms with van der Waals surface area (Å²) in [6.45, 7) is 1.99. The molecule has 1 amide bonds. The third kappa shape index (κ3) is 2.85. The lowest BCUT2D eigenvalue weighted by Gasteiger charge is -2.04. The van der Waals surface area contributed by atoms with Crippen LogP contribution < -0.4 is 10.6 Å². The first-order chi connectivity index (χ1) is 8.60. The second-order valence-electron chi connectivity index (χ2n) is 3.58. The lowest BCUT2D eigenvalue weighted by molar-refractivity contribution is 0.102. The minimum atomic E-state index is -0.259. The number of amides is 1. The van der Waals surface area contributed by atoms with Gasteiger partial charge in [0.15, 0.2) is 0 Å². The van der Waals surface area contributed by atoms with Gasteiger partial charge in [-0.1, -0.05) is 33.3 Å². The molecular formula is C11H11BrN4OS. The molecule has 0 spiro atoms. The van der Waals surface area contributed by atoms with Crippen LogP contribution in [0.4, 0.5) is 10.8 Å². The molecule has 0 bridgehead atoms. The fourth-order valence-corrected chi connectivity index (χ4v) is 2.24. The molecule has 0 aliphatic carbocycles. The fraction of sp³-hybridized carbons (Fsp3) is 0.182. The van der Waals surface area contributed by atoms with E-state index in [0.29, 0.717) is 10.1 Å². The Morgan fingerprint density at radius 3 is 2.78 bits per heavy atom. The van der Waals surface area contributed by atoms with Crippen molar-refractivity contribution in [2.75, 3.05) is 17.7 Å². The standard InChI is InChI=1S/C11H11BrN4OS/c1-6-3-4-7(5-8(6)12)14-9(17)10-15-16-11(13-2)18-10/h3-5H,1-2H3,(H,13,16)(H,14,17). The summed E-state index contributed by atoms with van der Waals surface area (Å²) in [6.07, 6.45) is 0. The largest absolute Gasteiger partial charge is 0.363 e. The molecule has 1 aromatic heterocycles. The highest BCUT2D eigenvalue weighted by Crippen LogP contribution is 2.22. The van der Waals surface area contributed by atoms with E-state index in [1.54, 1.807) is 7.05 Å². The van der Waals surface area contributed by atoms with Crippen LogP contribution in [-0.2, 0) is 0 Å². The minimum absolute atomic E-state index is 0.259. The number of carbonyl (C=O) groups is 1. The van der Waals surface area contributed by atoms with Crippen molar-refractivity contribution in [1.29, 1.82) is 0 Å². The lowest BCUT2D eigenvalue weighted by atomic mass is 10.2. The predicted molar refractivity (Wildman–Crippen MR) is 76.3 cm³/mol. The Bertz CT molecular complexity index is 584. The summed E-state index contributed by atoms with van der Waals surface area (Å²) < 4.78 is 0.952. The zero-order valence-corrected chi connectivity index (χ0v) is 12.2. The van der Waals surface area contributed by atoms with Gasteiger partial charge in [0.2, 0.25) is 10.1 Å². The van der Waals surface area contributed by atoms with Crippen LogP contribution in [0.3, 0.4) is 0 Å². The topological polar surface area (TPSA) is 66.9 Å². The van der Waals surface area contributed by atoms with Crippen LogP contribution in [0.25, 0.3) is 0 Å². The van der Waals surface area contributed by atoms with Crippen LogP contribution >= 0.6 is 27.3 Å². The van der Waals surface area contributed by atoms with E-state index in [1.165, 1.54) is 11.3 Å². The maximum atomic E-state index is 11.9. The van der Waals surface area contributed by atoms with Gasteiger partial charge in [-0.05, 0) is 24.6 Å². The zero-order valence-electron chi connectivity index (χ0n) is 9.82. The van der Waals surface area contributed by atoms with Crippen LogP contribution in [0.5, 0.6) is 0 Å². The van der Waals surface area contributed by atoms with Crippen molar-refractivity contribution in [3.05, 3.63) is 33.2 Å². The van der Waals surface area contributed by atoms with Crippen LogP contribution in [0.1, 0.15) is 15.4 Å². The molecule has 2 rings (SSSR count). The van der Waals surface area contributed by atoms with Gasteiger partial charge in [0.05, 0.1) is 0 Å². The van der Waals surface area contributed by atoms with Crippen LogP contribution in [0, 0.1) is 6.92 Å². The van der Waals surface area contributed by atoms with E-state index >= 15 is 0 Å². The highest BCUT2D eigenvalue weighted by atomic mass is 79.9. The SMILES string of the molecule is CNc1nnc(C(=O)Nc2ccc(C)c(Br)c2)s1. The molecule has 0 aliphatic rings. The monoisotopic (exact) mass is 326 g/mol. The highest BCUT2D eigenvalue weighted by Gasteiger charge is 2.12. The van der Waals surface area contributed by atoms with E-state index in [0.717, 1.165) is 15.7 Å². The van der Waals surface area contributed by atoms with Crippen LogP contribution in [-0.4, -0.2) is 23.2 Å². The molecule has 1 aromatic carbocycles. The minimum Gasteiger partial charge on any atom is -0.363 e. The van der Waals surface area contributed by atoms with Gasteiger partial charge in [0.1, 0.15) is 0 Å². The average Bonchev–Trinajstić information content (AvgIpc) is 2.82. The first kappa shape index (κ1) is 13.0. The Morgan fingerprint density at radius 2 is 2.17 bits per heavy atom. The lowest BCUT2D eigenvalue weighted by Crippen LogP contribution is -2.11. The third-order valence-electron chi connectivity index (χ3n) is 2.26. The highest BCUT2D eigenvalue weighted by molar-refractivity contribution is 9.10. The van der Waals surface area contributed by atoms with Crippen LogP contribution in [0.15, 0.2) is 22.7 Å². The molecule has 7 heteroatoms. The van der Waals surface area contributed by atoms with E-state index in [-0.39, 0.29) is 5.91 Å². The molecule has 94 valence electrons. The Kier molecular flexibility index (Phi) is 3.93. The average molecular weight is 327 g/mol. The fourth-order valence-electron chi connectivity index (χ4n) is 1.27. The van der Waals surface area contributed by atoms with E-state index in [2.05, 4.69) is 36.8 Å². The Morgan fingerprint density at radius 1 is 1.39 bits per heavy atom. The van der Waals surface area contributed by atoms with Crippen molar-refractivity contribution in [2.45, 2.75) is 6.92 Å². The van der Waals surface area contributed by atoms with Gasteiger partial charge in [0, 0.05) is 17.2 Å². The number of halogens is 1. The molecule has 0 fully saturated rings. The second kappa shape index (κ2) is 5.45. The molecule has 0 saturated heterocycles. The Balaban J connectivity index is 2.13. The Labute approximate surface area is 117 Å². The van der Waals surface area contributed by atoms with Crippen molar-refractivity contribution < 1.29 is 4.79 Å². The predicted octanol–water partition coefficient (Wildman–Crippen LogP) is 2.90. The summed E-state index contributed by atoms with van der Waals surface area (Å²) in [5, 5.41) is 14.2. The number of hydrogen-bond acceptors (Lipinski definition) is 5. The van der Waals surface area contributed by atoms with E-state index in [1.807, 2.05) is 25.1 Å². The van der Waals surface area contributed by atoms with Crippen molar-refractivity contribution in [3.8, 4) is 0 Å². The first-order valence-electron chi connectivity index (χ1n) is 5.19. The summed E-state index contributed by atoms with van der Waals surface area (Å²) in [4.78, 5) is 11.9. The molecule has 0 aliphatic heterocycles. The maximum absolute atomic E-state index is 11.9. The van der Waals surface area contributed by atoms with Gasteiger partial charge in [0.25, 0.3) is 5.91 Å². The van der Waals surface area contributed by atoms with E-state index in [4.69, 9.17) is 0 Å². The molecule has 18 heavy (non-hydrogen) atoms. The number of carbonyl (C=O) groups excluding carboxylic acids is 1. The van der Waals surface area contributed by atoms with Crippen molar-refractivity contribution in [1.82, 2.24) is 10.2 Å². The van der Waals surface area contributed by atoms with E-state index < -0.39 is 0 Å². The zero-order chi connectivity index (χ0) is 13.1. The molecule has 0 saturated carbocycles. The van der Waals surface area contributed by atoms with Crippen molar-refractivity contribution in [2.24, 2.45) is 0 Å². The third-order valence-corrected chi connectivity index (χ3v) is 4.06. The van der Waals surface area contributed by atoms with Gasteiger partial charge in [-0.15, -0.1) is 10.2 Å². The molecular weight excluding hydrogens is 316 g/mol. The summed E-state index contributed by atoms with van der Waals surface area (Å²) >= 11 is 4.63. The van der Waals surface area contributed by atoms with Gasteiger partial charge in [-0.2, -0.15) is 0 Å². The van der Waals surface area contributed by atoms with Crippen molar-refractivity contribution in [3.63, 3.8) is 0 Å². The summed E-state index contributed by atoms with van der Waals surface area (Å²) in [6, 6.07) is 5.63. The number of nitrogens with one attached hydrogen (secondary N) is 2. The number of aryl methyl sites for hydroxylation is 1. The summed E-state index contributed by atoms with van der Waals surface area (Å²) in [5.74, 6) is -0.259. The normalized spacial score (nSPS) is 10.2. The molecule has 0 radical (unpaired) electrons. The molecule has 2 N–H and O–H groups in total. The van der Waals surface area contributed by atoms with Gasteiger partial charge in [-0.3, -0.25) is 4.79 Å². The number of aromatic nitrogens is 2. The van der Waals surface area contributed by atoms with Gasteiger partial charge in [-0.25, -0.2) is 0 Å². The van der Waals surface area contributed by atoms with Gasteiger partial charge >= 0.3 is 0 Å².